The molecule has 0 bridgehead atoms. The number of amides is 1. The fourth-order valence-electron chi connectivity index (χ4n) is 4.71. The lowest BCUT2D eigenvalue weighted by atomic mass is 9.94. The van der Waals surface area contributed by atoms with Gasteiger partial charge in [0.15, 0.2) is 5.82 Å². The quantitative estimate of drug-likeness (QED) is 0.375. The number of carbonyl (C=O) groups excluding carboxylic acids is 1. The maximum Gasteiger partial charge on any atom is 0.397 e. The van der Waals surface area contributed by atoms with Crippen molar-refractivity contribution < 1.29 is 31.1 Å². The largest absolute Gasteiger partial charge is 0.476 e. The molecule has 1 amide bonds. The Kier molecular flexibility index (Phi) is 8.85. The first kappa shape index (κ1) is 32.3. The number of aryl methyl sites for hydroxylation is 1. The Hall–Kier alpha value is -3.20. The molecule has 0 aromatic carbocycles. The van der Waals surface area contributed by atoms with Gasteiger partial charge in [-0.15, -0.1) is 5.10 Å². The smallest absolute Gasteiger partial charge is 0.397 e. The minimum atomic E-state index is -4.45. The summed E-state index contributed by atoms with van der Waals surface area (Å²) in [6.45, 7) is 9.73. The molecule has 0 unspecified atom stereocenters. The summed E-state index contributed by atoms with van der Waals surface area (Å²) in [4.78, 5) is 22.7. The van der Waals surface area contributed by atoms with Crippen LogP contribution in [0.2, 0.25) is 0 Å². The van der Waals surface area contributed by atoms with E-state index in [1.807, 2.05) is 18.7 Å². The summed E-state index contributed by atoms with van der Waals surface area (Å²) in [5.41, 5.74) is -1.95. The van der Waals surface area contributed by atoms with Crippen LogP contribution in [-0.4, -0.2) is 58.9 Å². The molecule has 226 valence electrons. The first-order valence-electron chi connectivity index (χ1n) is 12.7. The molecule has 3 aromatic heterocycles. The van der Waals surface area contributed by atoms with Crippen LogP contribution in [0.3, 0.4) is 0 Å². The van der Waals surface area contributed by atoms with Gasteiger partial charge in [-0.3, -0.25) is 4.79 Å². The SMILES string of the molecule is Cc1c[nH]cc1S(=O)(=O)NC(=O)c1ccc(-n2ccc(OCC(C)(C)C(F)(F)F)n2)nc1N1C[C@@H](C)CC1(C)C.S. The van der Waals surface area contributed by atoms with E-state index in [4.69, 9.17) is 4.74 Å². The fraction of sp³-hybridized carbons (Fsp3) is 0.500. The molecular weight excluding hydrogens is 581 g/mol. The number of ether oxygens (including phenoxy) is 1. The lowest BCUT2D eigenvalue weighted by molar-refractivity contribution is -0.219. The number of alkyl halides is 3. The van der Waals surface area contributed by atoms with Gasteiger partial charge in [0.25, 0.3) is 15.9 Å². The molecule has 0 saturated carbocycles. The van der Waals surface area contributed by atoms with E-state index in [1.54, 1.807) is 6.92 Å². The average molecular weight is 617 g/mol. The van der Waals surface area contributed by atoms with Crippen LogP contribution >= 0.6 is 13.5 Å². The summed E-state index contributed by atoms with van der Waals surface area (Å²) in [5, 5.41) is 4.21. The first-order valence-corrected chi connectivity index (χ1v) is 14.1. The number of aromatic nitrogens is 4. The number of aromatic amines is 1. The van der Waals surface area contributed by atoms with Crippen molar-refractivity contribution in [3.8, 4) is 11.7 Å². The Balaban J connectivity index is 0.00000462. The molecule has 0 aliphatic carbocycles. The van der Waals surface area contributed by atoms with Crippen LogP contribution in [0, 0.1) is 18.3 Å². The van der Waals surface area contributed by atoms with E-state index >= 15 is 0 Å². The summed E-state index contributed by atoms with van der Waals surface area (Å²) in [5.74, 6) is -0.0450. The van der Waals surface area contributed by atoms with Gasteiger partial charge in [-0.05, 0) is 64.7 Å². The number of nitrogens with zero attached hydrogens (tertiary/aromatic N) is 4. The zero-order chi connectivity index (χ0) is 29.7. The van der Waals surface area contributed by atoms with Crippen LogP contribution in [0.5, 0.6) is 5.88 Å². The lowest BCUT2D eigenvalue weighted by Crippen LogP contribution is -2.41. The Bertz CT molecular complexity index is 1520. The van der Waals surface area contributed by atoms with Gasteiger partial charge in [0.1, 0.15) is 17.3 Å². The van der Waals surface area contributed by atoms with Gasteiger partial charge in [0.05, 0.1) is 11.0 Å². The fourth-order valence-corrected chi connectivity index (χ4v) is 5.88. The number of pyridine rings is 1. The average Bonchev–Trinajstić information content (AvgIpc) is 3.54. The summed E-state index contributed by atoms with van der Waals surface area (Å²) >= 11 is 0. The Labute approximate surface area is 244 Å². The van der Waals surface area contributed by atoms with Gasteiger partial charge in [-0.2, -0.15) is 26.7 Å². The normalized spacial score (nSPS) is 17.3. The van der Waals surface area contributed by atoms with Crippen LogP contribution in [0.15, 0.2) is 41.7 Å². The van der Waals surface area contributed by atoms with E-state index in [1.165, 1.54) is 41.5 Å². The third-order valence-corrected chi connectivity index (χ3v) is 8.47. The highest BCUT2D eigenvalue weighted by Crippen LogP contribution is 2.39. The molecule has 10 nitrogen and oxygen atoms in total. The van der Waals surface area contributed by atoms with Crippen LogP contribution in [0.25, 0.3) is 5.82 Å². The highest BCUT2D eigenvalue weighted by Gasteiger charge is 2.48. The van der Waals surface area contributed by atoms with Crippen molar-refractivity contribution in [2.75, 3.05) is 18.1 Å². The number of sulfonamides is 1. The van der Waals surface area contributed by atoms with Crippen LogP contribution in [-0.2, 0) is 10.0 Å². The Morgan fingerprint density at radius 3 is 2.46 bits per heavy atom. The van der Waals surface area contributed by atoms with Crippen molar-refractivity contribution in [2.24, 2.45) is 11.3 Å². The maximum atomic E-state index is 13.3. The summed E-state index contributed by atoms with van der Waals surface area (Å²) in [6.07, 6.45) is 0.663. The van der Waals surface area contributed by atoms with Crippen molar-refractivity contribution >= 4 is 35.2 Å². The molecular formula is C26H35F3N6O4S2. The summed E-state index contributed by atoms with van der Waals surface area (Å²) in [6, 6.07) is 4.36. The second-order valence-electron chi connectivity index (χ2n) is 11.5. The third-order valence-electron chi connectivity index (χ3n) is 7.00. The van der Waals surface area contributed by atoms with Crippen LogP contribution < -0.4 is 14.4 Å². The number of halogens is 3. The standard InChI is InChI=1S/C26H33F3N6O4S.H2S/c1-16-11-25(5,6)34(14-16)22-18(23(36)33-40(37,38)19-13-30-12-17(19)2)7-8-20(31-22)35-10-9-21(32-35)39-15-24(3,4)26(27,28)29;/h7-10,12-13,16,30H,11,14-15H2,1-6H3,(H,33,36);1H2/t16-;/m0./s1. The molecule has 4 heterocycles. The van der Waals surface area contributed by atoms with Crippen molar-refractivity contribution in [1.29, 1.82) is 0 Å². The second kappa shape index (κ2) is 11.2. The highest BCUT2D eigenvalue weighted by atomic mass is 32.2. The molecule has 15 heteroatoms. The number of anilines is 1. The minimum Gasteiger partial charge on any atom is -0.476 e. The summed E-state index contributed by atoms with van der Waals surface area (Å²) < 4.78 is 74.2. The number of H-pyrrole nitrogens is 1. The number of rotatable bonds is 8. The van der Waals surface area contributed by atoms with E-state index < -0.39 is 39.7 Å². The molecule has 1 aliphatic heterocycles. The number of hydrogen-bond acceptors (Lipinski definition) is 7. The van der Waals surface area contributed by atoms with Gasteiger partial charge in [-0.25, -0.2) is 22.8 Å². The molecule has 0 spiro atoms. The molecule has 4 rings (SSSR count). The zero-order valence-corrected chi connectivity index (χ0v) is 25.4. The predicted molar refractivity (Wildman–Crippen MR) is 152 cm³/mol. The van der Waals surface area contributed by atoms with Crippen molar-refractivity contribution in [3.63, 3.8) is 0 Å². The molecule has 41 heavy (non-hydrogen) atoms. The monoisotopic (exact) mass is 616 g/mol. The van der Waals surface area contributed by atoms with E-state index in [9.17, 15) is 26.4 Å². The van der Waals surface area contributed by atoms with Gasteiger partial charge < -0.3 is 14.6 Å². The second-order valence-corrected chi connectivity index (χ2v) is 13.1. The van der Waals surface area contributed by atoms with Crippen molar-refractivity contribution in [1.82, 2.24) is 24.5 Å². The summed E-state index contributed by atoms with van der Waals surface area (Å²) in [7, 11) is -4.15. The predicted octanol–water partition coefficient (Wildman–Crippen LogP) is 4.73. The number of hydrogen-bond donors (Lipinski definition) is 2. The Morgan fingerprint density at radius 2 is 1.90 bits per heavy atom. The van der Waals surface area contributed by atoms with Crippen molar-refractivity contribution in [2.45, 2.75) is 64.6 Å². The third kappa shape index (κ3) is 6.66. The lowest BCUT2D eigenvalue weighted by Gasteiger charge is -2.34. The van der Waals surface area contributed by atoms with Gasteiger partial charge in [-0.1, -0.05) is 6.92 Å². The van der Waals surface area contributed by atoms with Gasteiger partial charge in [0, 0.05) is 36.7 Å². The van der Waals surface area contributed by atoms with Gasteiger partial charge >= 0.3 is 6.18 Å². The van der Waals surface area contributed by atoms with Gasteiger partial charge in [0.2, 0.25) is 5.88 Å². The molecule has 3 aromatic rings. The van der Waals surface area contributed by atoms with Crippen LogP contribution in [0.1, 0.15) is 57.0 Å². The van der Waals surface area contributed by atoms with Crippen LogP contribution in [0.4, 0.5) is 19.0 Å². The highest BCUT2D eigenvalue weighted by molar-refractivity contribution is 7.90. The van der Waals surface area contributed by atoms with E-state index in [0.29, 0.717) is 12.1 Å². The molecule has 1 atom stereocenters. The molecule has 1 fully saturated rings. The number of nitrogens with one attached hydrogen (secondary N) is 2. The first-order chi connectivity index (χ1) is 18.4. The zero-order valence-electron chi connectivity index (χ0n) is 23.6. The van der Waals surface area contributed by atoms with E-state index in [-0.39, 0.29) is 47.4 Å². The maximum absolute atomic E-state index is 13.3. The Morgan fingerprint density at radius 1 is 1.22 bits per heavy atom. The molecule has 1 saturated heterocycles. The van der Waals surface area contributed by atoms with Crippen molar-refractivity contribution in [3.05, 3.63) is 47.9 Å². The number of carbonyl (C=O) groups is 1. The van der Waals surface area contributed by atoms with E-state index in [0.717, 1.165) is 20.3 Å². The molecule has 1 aliphatic rings. The minimum absolute atomic E-state index is 0. The topological polar surface area (TPSA) is 122 Å². The molecule has 0 radical (unpaired) electrons. The molecule has 2 N–H and O–H groups in total. The van der Waals surface area contributed by atoms with E-state index in [2.05, 4.69) is 26.7 Å².